The molecule has 0 amide bonds. The standard InChI is InChI=1S/C60H40N2O/c1-3-15-41(16-4-1)42-29-33-46(34-30-42)61(47-35-31-43(32-36-47)45-19-13-20-48(39-45)62-57-26-10-7-21-51(57)52-22-8-11-27-58(52)62)49-37-38-50(56(40-49)44-17-5-2-6-18-44)54-24-14-25-55-53-23-9-12-28-59(53)63-60(54)55/h1-40H. The first-order valence-electron chi connectivity index (χ1n) is 21.5. The zero-order valence-electron chi connectivity index (χ0n) is 34.4. The van der Waals surface area contributed by atoms with Gasteiger partial charge in [-0.25, -0.2) is 0 Å². The number of benzene rings is 10. The lowest BCUT2D eigenvalue weighted by atomic mass is 9.92. The van der Waals surface area contributed by atoms with Crippen molar-refractivity contribution in [1.29, 1.82) is 0 Å². The Bertz CT molecular complexity index is 3550. The van der Waals surface area contributed by atoms with Gasteiger partial charge in [-0.1, -0.05) is 176 Å². The van der Waals surface area contributed by atoms with Crippen molar-refractivity contribution in [3.63, 3.8) is 0 Å². The van der Waals surface area contributed by atoms with Crippen LogP contribution >= 0.6 is 0 Å². The van der Waals surface area contributed by atoms with Crippen LogP contribution in [-0.2, 0) is 0 Å². The molecule has 0 fully saturated rings. The minimum atomic E-state index is 0.893. The van der Waals surface area contributed by atoms with Gasteiger partial charge in [0.15, 0.2) is 0 Å². The molecule has 0 bridgehead atoms. The smallest absolute Gasteiger partial charge is 0.143 e. The Labute approximate surface area is 366 Å². The molecule has 2 heterocycles. The van der Waals surface area contributed by atoms with E-state index in [4.69, 9.17) is 4.42 Å². The monoisotopic (exact) mass is 804 g/mol. The van der Waals surface area contributed by atoms with Crippen LogP contribution in [0.2, 0.25) is 0 Å². The second-order valence-corrected chi connectivity index (χ2v) is 16.1. The van der Waals surface area contributed by atoms with Crippen LogP contribution in [0, 0.1) is 0 Å². The van der Waals surface area contributed by atoms with Gasteiger partial charge in [0, 0.05) is 49.9 Å². The van der Waals surface area contributed by atoms with Crippen LogP contribution in [0.25, 0.3) is 93.9 Å². The molecular weight excluding hydrogens is 765 g/mol. The average molecular weight is 805 g/mol. The fraction of sp³-hybridized carbons (Fsp3) is 0. The Hall–Kier alpha value is -8.40. The predicted molar refractivity (Wildman–Crippen MR) is 264 cm³/mol. The molecule has 10 aromatic carbocycles. The maximum atomic E-state index is 6.59. The van der Waals surface area contributed by atoms with E-state index in [1.165, 1.54) is 32.9 Å². The summed E-state index contributed by atoms with van der Waals surface area (Å²) < 4.78 is 8.98. The molecule has 0 aliphatic rings. The van der Waals surface area contributed by atoms with Crippen LogP contribution in [0.15, 0.2) is 247 Å². The summed E-state index contributed by atoms with van der Waals surface area (Å²) in [6.45, 7) is 0. The number of hydrogen-bond donors (Lipinski definition) is 0. The van der Waals surface area contributed by atoms with Gasteiger partial charge in [-0.05, 0) is 106 Å². The van der Waals surface area contributed by atoms with E-state index in [9.17, 15) is 0 Å². The van der Waals surface area contributed by atoms with Crippen molar-refractivity contribution in [2.24, 2.45) is 0 Å². The number of aromatic nitrogens is 1. The van der Waals surface area contributed by atoms with Gasteiger partial charge in [-0.3, -0.25) is 0 Å². The summed E-state index contributed by atoms with van der Waals surface area (Å²) in [6.07, 6.45) is 0. The molecule has 0 saturated heterocycles. The van der Waals surface area contributed by atoms with Crippen molar-refractivity contribution >= 4 is 60.8 Å². The van der Waals surface area contributed by atoms with Gasteiger partial charge in [0.2, 0.25) is 0 Å². The van der Waals surface area contributed by atoms with Gasteiger partial charge >= 0.3 is 0 Å². The molecule has 0 atom stereocenters. The Morgan fingerprint density at radius 2 is 0.810 bits per heavy atom. The summed E-state index contributed by atoms with van der Waals surface area (Å²) in [6, 6.07) is 87.1. The first-order chi connectivity index (χ1) is 31.2. The molecule has 0 aliphatic heterocycles. The minimum Gasteiger partial charge on any atom is -0.455 e. The Balaban J connectivity index is 0.986. The number of anilines is 3. The maximum Gasteiger partial charge on any atom is 0.143 e. The lowest BCUT2D eigenvalue weighted by Gasteiger charge is -2.27. The van der Waals surface area contributed by atoms with Crippen molar-refractivity contribution in [1.82, 2.24) is 4.57 Å². The number of rotatable bonds is 8. The molecule has 12 rings (SSSR count). The molecule has 12 aromatic rings. The van der Waals surface area contributed by atoms with E-state index in [2.05, 4.69) is 246 Å². The van der Waals surface area contributed by atoms with Crippen LogP contribution in [0.1, 0.15) is 0 Å². The van der Waals surface area contributed by atoms with E-state index in [-0.39, 0.29) is 0 Å². The van der Waals surface area contributed by atoms with Crippen LogP contribution in [-0.4, -0.2) is 4.57 Å². The lowest BCUT2D eigenvalue weighted by molar-refractivity contribution is 0.670. The van der Waals surface area contributed by atoms with Gasteiger partial charge in [-0.2, -0.15) is 0 Å². The summed E-state index contributed by atoms with van der Waals surface area (Å²) >= 11 is 0. The van der Waals surface area contributed by atoms with Crippen molar-refractivity contribution in [3.05, 3.63) is 243 Å². The number of hydrogen-bond acceptors (Lipinski definition) is 2. The predicted octanol–water partition coefficient (Wildman–Crippen LogP) is 16.8. The lowest BCUT2D eigenvalue weighted by Crippen LogP contribution is -2.10. The summed E-state index contributed by atoms with van der Waals surface area (Å²) in [5, 5.41) is 4.76. The maximum absolute atomic E-state index is 6.59. The Kier molecular flexibility index (Phi) is 8.83. The third-order valence-corrected chi connectivity index (χ3v) is 12.4. The zero-order valence-corrected chi connectivity index (χ0v) is 34.4. The van der Waals surface area contributed by atoms with Gasteiger partial charge in [0.1, 0.15) is 11.2 Å². The molecule has 0 unspecified atom stereocenters. The number of furan rings is 1. The quantitative estimate of drug-likeness (QED) is 0.153. The highest BCUT2D eigenvalue weighted by Gasteiger charge is 2.20. The van der Waals surface area contributed by atoms with E-state index >= 15 is 0 Å². The van der Waals surface area contributed by atoms with Crippen LogP contribution < -0.4 is 4.90 Å². The van der Waals surface area contributed by atoms with Crippen molar-refractivity contribution < 1.29 is 4.42 Å². The van der Waals surface area contributed by atoms with Gasteiger partial charge in [-0.15, -0.1) is 0 Å². The highest BCUT2D eigenvalue weighted by atomic mass is 16.3. The number of para-hydroxylation sites is 4. The fourth-order valence-electron chi connectivity index (χ4n) is 9.43. The largest absolute Gasteiger partial charge is 0.455 e. The van der Waals surface area contributed by atoms with Crippen molar-refractivity contribution in [3.8, 4) is 50.2 Å². The second kappa shape index (κ2) is 15.3. The molecule has 3 heteroatoms. The minimum absolute atomic E-state index is 0.893. The van der Waals surface area contributed by atoms with Gasteiger partial charge in [0.25, 0.3) is 0 Å². The highest BCUT2D eigenvalue weighted by molar-refractivity contribution is 6.11. The highest BCUT2D eigenvalue weighted by Crippen LogP contribution is 2.44. The van der Waals surface area contributed by atoms with Crippen LogP contribution in [0.5, 0.6) is 0 Å². The fourth-order valence-corrected chi connectivity index (χ4v) is 9.43. The molecule has 0 spiro atoms. The van der Waals surface area contributed by atoms with E-state index in [0.717, 1.165) is 78.1 Å². The first kappa shape index (κ1) is 36.5. The summed E-state index contributed by atoms with van der Waals surface area (Å²) in [5.74, 6) is 0. The van der Waals surface area contributed by atoms with Crippen LogP contribution in [0.3, 0.4) is 0 Å². The summed E-state index contributed by atoms with van der Waals surface area (Å²) in [7, 11) is 0. The molecule has 0 N–H and O–H groups in total. The normalized spacial score (nSPS) is 11.5. The van der Waals surface area contributed by atoms with Crippen LogP contribution in [0.4, 0.5) is 17.1 Å². The van der Waals surface area contributed by atoms with E-state index in [0.29, 0.717) is 0 Å². The van der Waals surface area contributed by atoms with E-state index in [1.54, 1.807) is 0 Å². The topological polar surface area (TPSA) is 21.3 Å². The molecule has 3 nitrogen and oxygen atoms in total. The molecule has 296 valence electrons. The number of nitrogens with zero attached hydrogens (tertiary/aromatic N) is 2. The van der Waals surface area contributed by atoms with E-state index in [1.807, 2.05) is 6.07 Å². The third-order valence-electron chi connectivity index (χ3n) is 12.4. The van der Waals surface area contributed by atoms with Gasteiger partial charge in [0.05, 0.1) is 11.0 Å². The third kappa shape index (κ3) is 6.38. The molecular formula is C60H40N2O. The molecule has 0 aliphatic carbocycles. The molecule has 0 saturated carbocycles. The van der Waals surface area contributed by atoms with Crippen molar-refractivity contribution in [2.45, 2.75) is 0 Å². The second-order valence-electron chi connectivity index (χ2n) is 16.1. The molecule has 0 radical (unpaired) electrons. The molecule has 63 heavy (non-hydrogen) atoms. The Morgan fingerprint density at radius 3 is 1.49 bits per heavy atom. The summed E-state index contributed by atoms with van der Waals surface area (Å²) in [5.41, 5.74) is 17.7. The Morgan fingerprint density at radius 1 is 0.302 bits per heavy atom. The summed E-state index contributed by atoms with van der Waals surface area (Å²) in [4.78, 5) is 2.37. The average Bonchev–Trinajstić information content (AvgIpc) is 3.91. The van der Waals surface area contributed by atoms with Crippen molar-refractivity contribution in [2.75, 3.05) is 4.90 Å². The SMILES string of the molecule is c1ccc(-c2ccc(N(c3ccc(-c4cccc(-n5c6ccccc6c6ccccc65)c4)cc3)c3ccc(-c4cccc5c4oc4ccccc45)c(-c4ccccc4)c3)cc2)cc1. The van der Waals surface area contributed by atoms with Gasteiger partial charge < -0.3 is 13.9 Å². The first-order valence-corrected chi connectivity index (χ1v) is 21.5. The zero-order chi connectivity index (χ0) is 41.7. The molecule has 2 aromatic heterocycles. The number of fused-ring (bicyclic) bond motifs is 6. The van der Waals surface area contributed by atoms with E-state index < -0.39 is 0 Å².